The molecule has 10 nitrogen and oxygen atoms in total. The number of nitro benzene ring substituents is 1. The molecule has 0 aromatic heterocycles. The van der Waals surface area contributed by atoms with Gasteiger partial charge in [-0.3, -0.25) is 19.6 Å². The number of benzene rings is 3. The molecule has 3 N–H and O–H groups in total. The van der Waals surface area contributed by atoms with Crippen molar-refractivity contribution in [3.8, 4) is 11.5 Å². The molecule has 0 bridgehead atoms. The van der Waals surface area contributed by atoms with Crippen molar-refractivity contribution in [2.45, 2.75) is 4.90 Å². The number of anilines is 2. The summed E-state index contributed by atoms with van der Waals surface area (Å²) in [5, 5.41) is 23.2. The normalized spacial score (nSPS) is 10.9. The van der Waals surface area contributed by atoms with Crippen LogP contribution in [0.25, 0.3) is 0 Å². The number of nitrogens with one attached hydrogen (secondary N) is 2. The highest BCUT2D eigenvalue weighted by Crippen LogP contribution is 2.30. The molecule has 3 aromatic carbocycles. The van der Waals surface area contributed by atoms with Crippen molar-refractivity contribution in [2.75, 3.05) is 17.1 Å². The first-order valence-corrected chi connectivity index (χ1v) is 10.2. The van der Waals surface area contributed by atoms with Crippen LogP contribution in [0.1, 0.15) is 10.4 Å². The SMILES string of the molecule is COc1ccccc1NC(=O)c1ccccc1NS(=O)(=O)c1ccc(O)c([N+](=O)[O-])c1. The van der Waals surface area contributed by atoms with Crippen molar-refractivity contribution in [1.29, 1.82) is 0 Å². The summed E-state index contributed by atoms with van der Waals surface area (Å²) >= 11 is 0. The van der Waals surface area contributed by atoms with Crippen molar-refractivity contribution in [2.24, 2.45) is 0 Å². The number of para-hydroxylation sites is 3. The van der Waals surface area contributed by atoms with Crippen LogP contribution in [-0.4, -0.2) is 31.5 Å². The van der Waals surface area contributed by atoms with Crippen molar-refractivity contribution in [3.05, 3.63) is 82.4 Å². The second kappa shape index (κ2) is 8.71. The van der Waals surface area contributed by atoms with Crippen LogP contribution in [0.5, 0.6) is 11.5 Å². The molecule has 0 fully saturated rings. The van der Waals surface area contributed by atoms with Gasteiger partial charge in [0.25, 0.3) is 15.9 Å². The van der Waals surface area contributed by atoms with Gasteiger partial charge in [-0.05, 0) is 36.4 Å². The molecule has 11 heteroatoms. The Bertz CT molecular complexity index is 1260. The topological polar surface area (TPSA) is 148 Å². The smallest absolute Gasteiger partial charge is 0.312 e. The van der Waals surface area contributed by atoms with Crippen LogP contribution in [0.4, 0.5) is 17.1 Å². The first-order valence-electron chi connectivity index (χ1n) is 8.76. The summed E-state index contributed by atoms with van der Waals surface area (Å²) in [6, 6.07) is 15.2. The number of hydrogen-bond donors (Lipinski definition) is 3. The van der Waals surface area contributed by atoms with Gasteiger partial charge in [0.15, 0.2) is 5.75 Å². The average molecular weight is 443 g/mol. The minimum atomic E-state index is -4.30. The quantitative estimate of drug-likeness (QED) is 0.374. The Hall–Kier alpha value is -4.12. The number of carbonyl (C=O) groups excluding carboxylic acids is 1. The molecule has 0 heterocycles. The predicted molar refractivity (Wildman–Crippen MR) is 113 cm³/mol. The number of amides is 1. The molecule has 0 saturated carbocycles. The monoisotopic (exact) mass is 443 g/mol. The largest absolute Gasteiger partial charge is 0.502 e. The maximum Gasteiger partial charge on any atom is 0.312 e. The summed E-state index contributed by atoms with van der Waals surface area (Å²) < 4.78 is 33.0. The number of aromatic hydroxyl groups is 1. The zero-order valence-corrected chi connectivity index (χ0v) is 16.9. The lowest BCUT2D eigenvalue weighted by Crippen LogP contribution is -2.19. The Morgan fingerprint density at radius 3 is 2.35 bits per heavy atom. The summed E-state index contributed by atoms with van der Waals surface area (Å²) in [4.78, 5) is 22.4. The number of methoxy groups -OCH3 is 1. The Morgan fingerprint density at radius 1 is 1.03 bits per heavy atom. The highest BCUT2D eigenvalue weighted by atomic mass is 32.2. The van der Waals surface area contributed by atoms with Crippen LogP contribution in [0.15, 0.2) is 71.6 Å². The number of phenolic OH excluding ortho intramolecular Hbond substituents is 1. The van der Waals surface area contributed by atoms with Crippen LogP contribution in [-0.2, 0) is 10.0 Å². The van der Waals surface area contributed by atoms with Crippen molar-refractivity contribution in [1.82, 2.24) is 0 Å². The summed E-state index contributed by atoms with van der Waals surface area (Å²) in [6.45, 7) is 0. The molecule has 31 heavy (non-hydrogen) atoms. The van der Waals surface area contributed by atoms with E-state index in [0.717, 1.165) is 18.2 Å². The number of nitro groups is 1. The van der Waals surface area contributed by atoms with E-state index >= 15 is 0 Å². The van der Waals surface area contributed by atoms with E-state index < -0.39 is 37.2 Å². The number of ether oxygens (including phenoxy) is 1. The standard InChI is InChI=1S/C20H17N3O7S/c1-30-19-9-5-4-8-16(19)21-20(25)14-6-2-3-7-15(14)22-31(28,29)13-10-11-18(24)17(12-13)23(26)27/h2-12,22,24H,1H3,(H,21,25). The number of sulfonamides is 1. The van der Waals surface area contributed by atoms with Crippen LogP contribution >= 0.6 is 0 Å². The average Bonchev–Trinajstić information content (AvgIpc) is 2.74. The second-order valence-corrected chi connectivity index (χ2v) is 7.90. The Labute approximate surface area is 177 Å². The number of rotatable bonds is 7. The summed E-state index contributed by atoms with van der Waals surface area (Å²) in [6.07, 6.45) is 0. The highest BCUT2D eigenvalue weighted by molar-refractivity contribution is 7.92. The maximum atomic E-state index is 12.8. The van der Waals surface area contributed by atoms with E-state index in [4.69, 9.17) is 4.74 Å². The van der Waals surface area contributed by atoms with E-state index in [1.54, 1.807) is 30.3 Å². The van der Waals surface area contributed by atoms with Crippen LogP contribution < -0.4 is 14.8 Å². The van der Waals surface area contributed by atoms with E-state index in [1.807, 2.05) is 0 Å². The molecular weight excluding hydrogens is 426 g/mol. The van der Waals surface area contributed by atoms with Gasteiger partial charge in [-0.25, -0.2) is 8.42 Å². The summed E-state index contributed by atoms with van der Waals surface area (Å²) in [5.41, 5.74) is -0.386. The number of nitrogens with zero attached hydrogens (tertiary/aromatic N) is 1. The number of hydrogen-bond acceptors (Lipinski definition) is 7. The van der Waals surface area contributed by atoms with E-state index in [2.05, 4.69) is 10.0 Å². The number of carbonyl (C=O) groups is 1. The molecule has 0 aliphatic rings. The summed E-state index contributed by atoms with van der Waals surface area (Å²) in [5.74, 6) is -0.842. The summed E-state index contributed by atoms with van der Waals surface area (Å²) in [7, 11) is -2.85. The van der Waals surface area contributed by atoms with E-state index in [-0.39, 0.29) is 11.3 Å². The molecular formula is C20H17N3O7S. The lowest BCUT2D eigenvalue weighted by Gasteiger charge is -2.14. The molecule has 3 rings (SSSR count). The molecule has 0 spiro atoms. The fraction of sp³-hybridized carbons (Fsp3) is 0.0500. The van der Waals surface area contributed by atoms with Gasteiger partial charge in [0.1, 0.15) is 5.75 Å². The maximum absolute atomic E-state index is 12.8. The van der Waals surface area contributed by atoms with Crippen LogP contribution in [0, 0.1) is 10.1 Å². The van der Waals surface area contributed by atoms with Crippen molar-refractivity contribution < 1.29 is 28.0 Å². The Kier molecular flexibility index (Phi) is 6.07. The first-order chi connectivity index (χ1) is 14.7. The van der Waals surface area contributed by atoms with Gasteiger partial charge >= 0.3 is 5.69 Å². The lowest BCUT2D eigenvalue weighted by atomic mass is 10.1. The molecule has 1 amide bonds. The molecule has 0 aliphatic heterocycles. The predicted octanol–water partition coefficient (Wildman–Crippen LogP) is 3.36. The highest BCUT2D eigenvalue weighted by Gasteiger charge is 2.23. The van der Waals surface area contributed by atoms with E-state index in [1.165, 1.54) is 25.3 Å². The molecule has 0 atom stereocenters. The van der Waals surface area contributed by atoms with Crippen LogP contribution in [0.3, 0.4) is 0 Å². The third-order valence-electron chi connectivity index (χ3n) is 4.23. The minimum absolute atomic E-state index is 0.0188. The first kappa shape index (κ1) is 21.6. The van der Waals surface area contributed by atoms with Gasteiger partial charge < -0.3 is 15.2 Å². The zero-order valence-electron chi connectivity index (χ0n) is 16.1. The molecule has 0 saturated heterocycles. The third-order valence-corrected chi connectivity index (χ3v) is 5.59. The Balaban J connectivity index is 1.92. The minimum Gasteiger partial charge on any atom is -0.502 e. The van der Waals surface area contributed by atoms with E-state index in [0.29, 0.717) is 11.4 Å². The second-order valence-electron chi connectivity index (χ2n) is 6.21. The third kappa shape index (κ3) is 4.73. The molecule has 0 aliphatic carbocycles. The van der Waals surface area contributed by atoms with Gasteiger partial charge in [-0.1, -0.05) is 24.3 Å². The van der Waals surface area contributed by atoms with Gasteiger partial charge in [-0.15, -0.1) is 0 Å². The van der Waals surface area contributed by atoms with E-state index in [9.17, 15) is 28.4 Å². The molecule has 0 radical (unpaired) electrons. The lowest BCUT2D eigenvalue weighted by molar-refractivity contribution is -0.386. The van der Waals surface area contributed by atoms with Gasteiger partial charge in [-0.2, -0.15) is 0 Å². The van der Waals surface area contributed by atoms with Crippen molar-refractivity contribution >= 4 is 33.0 Å². The van der Waals surface area contributed by atoms with Gasteiger partial charge in [0, 0.05) is 6.07 Å². The Morgan fingerprint density at radius 2 is 1.68 bits per heavy atom. The number of phenols is 1. The molecule has 160 valence electrons. The van der Waals surface area contributed by atoms with Gasteiger partial charge in [0.2, 0.25) is 0 Å². The molecule has 0 unspecified atom stereocenters. The van der Waals surface area contributed by atoms with Crippen molar-refractivity contribution in [3.63, 3.8) is 0 Å². The molecule has 3 aromatic rings. The fourth-order valence-corrected chi connectivity index (χ4v) is 3.83. The van der Waals surface area contributed by atoms with Gasteiger partial charge in [0.05, 0.1) is 33.9 Å². The fourth-order valence-electron chi connectivity index (χ4n) is 2.73. The zero-order chi connectivity index (χ0) is 22.6. The van der Waals surface area contributed by atoms with Crippen LogP contribution in [0.2, 0.25) is 0 Å².